The van der Waals surface area contributed by atoms with E-state index < -0.39 is 10.0 Å². The first-order chi connectivity index (χ1) is 12.2. The van der Waals surface area contributed by atoms with Gasteiger partial charge in [0.25, 0.3) is 0 Å². The number of benzene rings is 1. The van der Waals surface area contributed by atoms with Crippen molar-refractivity contribution in [3.8, 4) is 0 Å². The minimum Gasteiger partial charge on any atom is -0.381 e. The molecule has 2 aromatic rings. The second kappa shape index (κ2) is 6.90. The van der Waals surface area contributed by atoms with Crippen LogP contribution in [0.25, 0.3) is 0 Å². The van der Waals surface area contributed by atoms with Gasteiger partial charge in [-0.2, -0.15) is 9.40 Å². The van der Waals surface area contributed by atoms with Gasteiger partial charge >= 0.3 is 0 Å². The van der Waals surface area contributed by atoms with Gasteiger partial charge < -0.3 is 4.74 Å². The largest absolute Gasteiger partial charge is 0.381 e. The standard InChI is InChI=1S/C18H23N3O3S/c22-25(23,17-13-19-20(14-17)16-8-11-24-12-9-16)21-10-4-7-18(21)15-5-2-1-3-6-15/h1-3,5-6,13-14,16,18H,4,7-12H2/t18-/m0/s1. The topological polar surface area (TPSA) is 64.4 Å². The summed E-state index contributed by atoms with van der Waals surface area (Å²) >= 11 is 0. The fraction of sp³-hybridized carbons (Fsp3) is 0.500. The molecule has 0 bridgehead atoms. The molecule has 1 aromatic carbocycles. The van der Waals surface area contributed by atoms with Crippen LogP contribution in [0.4, 0.5) is 0 Å². The third kappa shape index (κ3) is 3.23. The zero-order chi connectivity index (χ0) is 17.3. The third-order valence-corrected chi connectivity index (χ3v) is 7.00. The maximum absolute atomic E-state index is 13.2. The van der Waals surface area contributed by atoms with Crippen molar-refractivity contribution in [3.63, 3.8) is 0 Å². The second-order valence-electron chi connectivity index (χ2n) is 6.68. The van der Waals surface area contributed by atoms with Crippen molar-refractivity contribution in [2.24, 2.45) is 0 Å². The lowest BCUT2D eigenvalue weighted by atomic mass is 10.1. The summed E-state index contributed by atoms with van der Waals surface area (Å²) in [6, 6.07) is 10.0. The van der Waals surface area contributed by atoms with E-state index in [4.69, 9.17) is 4.74 Å². The molecule has 25 heavy (non-hydrogen) atoms. The van der Waals surface area contributed by atoms with Gasteiger partial charge in [0.05, 0.1) is 18.3 Å². The summed E-state index contributed by atoms with van der Waals surface area (Å²) in [6.07, 6.45) is 6.66. The molecule has 0 spiro atoms. The van der Waals surface area contributed by atoms with Crippen LogP contribution in [0.1, 0.15) is 43.3 Å². The maximum atomic E-state index is 13.2. The summed E-state index contributed by atoms with van der Waals surface area (Å²) in [7, 11) is -3.54. The molecule has 2 aliphatic rings. The molecule has 2 saturated heterocycles. The quantitative estimate of drug-likeness (QED) is 0.840. The van der Waals surface area contributed by atoms with Gasteiger partial charge in [-0.05, 0) is 31.2 Å². The Morgan fingerprint density at radius 3 is 2.60 bits per heavy atom. The van der Waals surface area contributed by atoms with Crippen molar-refractivity contribution < 1.29 is 13.2 Å². The number of hydrogen-bond donors (Lipinski definition) is 0. The molecular formula is C18H23N3O3S. The second-order valence-corrected chi connectivity index (χ2v) is 8.57. The van der Waals surface area contributed by atoms with Crippen LogP contribution in [-0.4, -0.2) is 42.3 Å². The molecular weight excluding hydrogens is 338 g/mol. The van der Waals surface area contributed by atoms with Gasteiger partial charge in [-0.15, -0.1) is 0 Å². The molecule has 0 unspecified atom stereocenters. The average Bonchev–Trinajstić information content (AvgIpc) is 3.33. The number of aromatic nitrogens is 2. The van der Waals surface area contributed by atoms with E-state index in [-0.39, 0.29) is 12.1 Å². The molecule has 0 amide bonds. The van der Waals surface area contributed by atoms with Gasteiger partial charge in [-0.1, -0.05) is 30.3 Å². The SMILES string of the molecule is O=S(=O)(c1cnn(C2CCOCC2)c1)N1CCC[C@H]1c1ccccc1. The highest BCUT2D eigenvalue weighted by molar-refractivity contribution is 7.89. The van der Waals surface area contributed by atoms with Gasteiger partial charge in [0, 0.05) is 26.0 Å². The first kappa shape index (κ1) is 16.8. The molecule has 0 N–H and O–H groups in total. The van der Waals surface area contributed by atoms with Crippen molar-refractivity contribution in [1.29, 1.82) is 0 Å². The van der Waals surface area contributed by atoms with Crippen LogP contribution in [-0.2, 0) is 14.8 Å². The van der Waals surface area contributed by atoms with Crippen LogP contribution >= 0.6 is 0 Å². The Balaban J connectivity index is 1.59. The normalized spacial score (nSPS) is 23.1. The predicted octanol–water partition coefficient (Wildman–Crippen LogP) is 2.76. The van der Waals surface area contributed by atoms with E-state index in [1.165, 1.54) is 6.20 Å². The lowest BCUT2D eigenvalue weighted by Crippen LogP contribution is -2.30. The van der Waals surface area contributed by atoms with E-state index in [1.54, 1.807) is 15.2 Å². The minimum absolute atomic E-state index is 0.0855. The highest BCUT2D eigenvalue weighted by Crippen LogP contribution is 2.36. The van der Waals surface area contributed by atoms with Crippen molar-refractivity contribution >= 4 is 10.0 Å². The minimum atomic E-state index is -3.54. The molecule has 1 aromatic heterocycles. The molecule has 0 aliphatic carbocycles. The Kier molecular flexibility index (Phi) is 4.62. The Morgan fingerprint density at radius 2 is 1.84 bits per heavy atom. The molecule has 2 fully saturated rings. The molecule has 0 saturated carbocycles. The lowest BCUT2D eigenvalue weighted by Gasteiger charge is -2.24. The van der Waals surface area contributed by atoms with Gasteiger partial charge in [-0.25, -0.2) is 8.42 Å². The first-order valence-electron chi connectivity index (χ1n) is 8.85. The van der Waals surface area contributed by atoms with E-state index in [2.05, 4.69) is 5.10 Å². The van der Waals surface area contributed by atoms with Crippen molar-refractivity contribution in [2.75, 3.05) is 19.8 Å². The van der Waals surface area contributed by atoms with Gasteiger partial charge in [0.15, 0.2) is 0 Å². The van der Waals surface area contributed by atoms with E-state index in [0.717, 1.165) is 31.2 Å². The van der Waals surface area contributed by atoms with Gasteiger partial charge in [-0.3, -0.25) is 4.68 Å². The number of hydrogen-bond acceptors (Lipinski definition) is 4. The summed E-state index contributed by atoms with van der Waals surface area (Å²) in [6.45, 7) is 1.97. The first-order valence-corrected chi connectivity index (χ1v) is 10.3. The van der Waals surface area contributed by atoms with Crippen LogP contribution in [0.5, 0.6) is 0 Å². The fourth-order valence-corrected chi connectivity index (χ4v) is 5.40. The highest BCUT2D eigenvalue weighted by Gasteiger charge is 2.37. The summed E-state index contributed by atoms with van der Waals surface area (Å²) in [4.78, 5) is 0.293. The number of sulfonamides is 1. The Labute approximate surface area is 148 Å². The van der Waals surface area contributed by atoms with Gasteiger partial charge in [0.1, 0.15) is 4.90 Å². The zero-order valence-electron chi connectivity index (χ0n) is 14.1. The van der Waals surface area contributed by atoms with Crippen LogP contribution in [0.2, 0.25) is 0 Å². The van der Waals surface area contributed by atoms with E-state index in [1.807, 2.05) is 30.3 Å². The van der Waals surface area contributed by atoms with Crippen LogP contribution in [0.3, 0.4) is 0 Å². The number of ether oxygens (including phenoxy) is 1. The fourth-order valence-electron chi connectivity index (χ4n) is 3.77. The van der Waals surface area contributed by atoms with Crippen molar-refractivity contribution in [2.45, 2.75) is 42.7 Å². The maximum Gasteiger partial charge on any atom is 0.246 e. The molecule has 134 valence electrons. The van der Waals surface area contributed by atoms with Gasteiger partial charge in [0.2, 0.25) is 10.0 Å². The Hall–Kier alpha value is -1.70. The number of rotatable bonds is 4. The zero-order valence-corrected chi connectivity index (χ0v) is 14.9. The predicted molar refractivity (Wildman–Crippen MR) is 93.6 cm³/mol. The molecule has 6 nitrogen and oxygen atoms in total. The van der Waals surface area contributed by atoms with Crippen molar-refractivity contribution in [1.82, 2.24) is 14.1 Å². The molecule has 7 heteroatoms. The molecule has 0 radical (unpaired) electrons. The smallest absolute Gasteiger partial charge is 0.246 e. The van der Waals surface area contributed by atoms with Crippen molar-refractivity contribution in [3.05, 3.63) is 48.3 Å². The van der Waals surface area contributed by atoms with E-state index in [0.29, 0.717) is 24.7 Å². The summed E-state index contributed by atoms with van der Waals surface area (Å²) in [5.74, 6) is 0. The van der Waals surface area contributed by atoms with E-state index in [9.17, 15) is 8.42 Å². The summed E-state index contributed by atoms with van der Waals surface area (Å²) < 4.78 is 35.1. The molecule has 4 rings (SSSR count). The van der Waals surface area contributed by atoms with Crippen LogP contribution in [0, 0.1) is 0 Å². The van der Waals surface area contributed by atoms with E-state index >= 15 is 0 Å². The number of nitrogens with zero attached hydrogens (tertiary/aromatic N) is 3. The highest BCUT2D eigenvalue weighted by atomic mass is 32.2. The Morgan fingerprint density at radius 1 is 1.08 bits per heavy atom. The molecule has 3 heterocycles. The average molecular weight is 361 g/mol. The molecule has 1 atom stereocenters. The van der Waals surface area contributed by atoms with Crippen LogP contribution < -0.4 is 0 Å². The lowest BCUT2D eigenvalue weighted by molar-refractivity contribution is 0.0662. The van der Waals surface area contributed by atoms with Crippen LogP contribution in [0.15, 0.2) is 47.6 Å². The summed E-state index contributed by atoms with van der Waals surface area (Å²) in [5, 5.41) is 4.33. The molecule has 2 aliphatic heterocycles. The Bertz CT molecular complexity index is 813. The third-order valence-electron chi connectivity index (χ3n) is 5.14. The monoisotopic (exact) mass is 361 g/mol. The summed E-state index contributed by atoms with van der Waals surface area (Å²) in [5.41, 5.74) is 1.06.